The van der Waals surface area contributed by atoms with E-state index in [4.69, 9.17) is 28.4 Å². The van der Waals surface area contributed by atoms with E-state index in [1.54, 1.807) is 14.2 Å². The molecule has 2 rings (SSSR count). The highest BCUT2D eigenvalue weighted by atomic mass is 16.7. The Bertz CT molecular complexity index is 735. The van der Waals surface area contributed by atoms with Crippen molar-refractivity contribution >= 4 is 0 Å². The average molecular weight is 496 g/mol. The molecule has 1 N–H and O–H groups in total. The van der Waals surface area contributed by atoms with Crippen LogP contribution in [0.1, 0.15) is 44.6 Å². The van der Waals surface area contributed by atoms with E-state index < -0.39 is 24.0 Å². The summed E-state index contributed by atoms with van der Waals surface area (Å²) in [5, 5.41) is 14.5. The Morgan fingerprint density at radius 2 is 1.94 bits per heavy atom. The third-order valence-electron chi connectivity index (χ3n) is 6.16. The molecule has 1 aromatic rings. The van der Waals surface area contributed by atoms with Crippen molar-refractivity contribution in [1.29, 1.82) is 0 Å². The van der Waals surface area contributed by atoms with E-state index in [0.29, 0.717) is 58.7 Å². The normalized spacial score (nSPS) is 24.0. The van der Waals surface area contributed by atoms with E-state index in [-0.39, 0.29) is 12.7 Å². The molecule has 10 heteroatoms. The van der Waals surface area contributed by atoms with E-state index in [1.807, 2.05) is 37.3 Å². The van der Waals surface area contributed by atoms with Crippen molar-refractivity contribution in [2.24, 2.45) is 11.0 Å². The van der Waals surface area contributed by atoms with Gasteiger partial charge in [-0.3, -0.25) is 0 Å². The van der Waals surface area contributed by atoms with Crippen molar-refractivity contribution in [2.75, 3.05) is 47.4 Å². The Morgan fingerprint density at radius 1 is 1.14 bits per heavy atom. The summed E-state index contributed by atoms with van der Waals surface area (Å²) >= 11 is 0. The largest absolute Gasteiger partial charge is 0.382 e. The molecule has 1 unspecified atom stereocenters. The summed E-state index contributed by atoms with van der Waals surface area (Å²) in [7, 11) is 3.24. The Kier molecular flexibility index (Phi) is 14.2. The number of rotatable bonds is 18. The van der Waals surface area contributed by atoms with E-state index in [0.717, 1.165) is 12.0 Å². The zero-order valence-corrected chi connectivity index (χ0v) is 21.2. The van der Waals surface area contributed by atoms with Crippen molar-refractivity contribution < 1.29 is 33.5 Å². The van der Waals surface area contributed by atoms with Crippen molar-refractivity contribution in [3.8, 4) is 0 Å². The predicted octanol–water partition coefficient (Wildman–Crippen LogP) is 4.21. The van der Waals surface area contributed by atoms with Crippen molar-refractivity contribution in [1.82, 2.24) is 0 Å². The second kappa shape index (κ2) is 16.8. The molecule has 198 valence electrons. The molecule has 0 aliphatic carbocycles. The lowest BCUT2D eigenvalue weighted by Gasteiger charge is -2.49. The van der Waals surface area contributed by atoms with Crippen molar-refractivity contribution in [2.45, 2.75) is 69.7 Å². The first-order valence-corrected chi connectivity index (χ1v) is 12.2. The molecule has 0 amide bonds. The van der Waals surface area contributed by atoms with Crippen LogP contribution in [0.5, 0.6) is 0 Å². The maximum absolute atomic E-state index is 10.4. The highest BCUT2D eigenvalue weighted by Gasteiger charge is 2.51. The number of aliphatic hydroxyl groups is 1. The number of hydrogen-bond acceptors (Lipinski definition) is 8. The minimum absolute atomic E-state index is 0.0368. The van der Waals surface area contributed by atoms with Crippen LogP contribution in [-0.4, -0.2) is 76.6 Å². The summed E-state index contributed by atoms with van der Waals surface area (Å²) in [6.45, 7) is 4.68. The van der Waals surface area contributed by atoms with Crippen LogP contribution in [0.4, 0.5) is 0 Å². The van der Waals surface area contributed by atoms with Crippen LogP contribution in [0.25, 0.3) is 10.4 Å². The lowest BCUT2D eigenvalue weighted by molar-refractivity contribution is -0.264. The molecular formula is C25H41N3O7. The number of methoxy groups -OCH3 is 2. The molecule has 1 heterocycles. The molecule has 1 saturated heterocycles. The number of hydrogen-bond donors (Lipinski definition) is 1. The SMILES string of the molecule is COCCOCOC[C@H](C)C[C@]1([C@@H](CCCOCc2ccccc2)OC)OC(O)CC[C@@H]1N=[N+]=[N-]. The zero-order valence-electron chi connectivity index (χ0n) is 21.2. The van der Waals surface area contributed by atoms with Gasteiger partial charge >= 0.3 is 0 Å². The van der Waals surface area contributed by atoms with Crippen LogP contribution in [0.3, 0.4) is 0 Å². The molecule has 0 radical (unpaired) electrons. The highest BCUT2D eigenvalue weighted by molar-refractivity contribution is 5.13. The fraction of sp³-hybridized carbons (Fsp3) is 0.760. The number of nitrogens with zero attached hydrogens (tertiary/aromatic N) is 3. The summed E-state index contributed by atoms with van der Waals surface area (Å²) in [5.41, 5.74) is 9.38. The summed E-state index contributed by atoms with van der Waals surface area (Å²) in [6.07, 6.45) is 1.43. The molecule has 5 atom stereocenters. The maximum Gasteiger partial charge on any atom is 0.155 e. The summed E-state index contributed by atoms with van der Waals surface area (Å²) < 4.78 is 33.9. The van der Waals surface area contributed by atoms with E-state index >= 15 is 0 Å². The van der Waals surface area contributed by atoms with Gasteiger partial charge in [-0.05, 0) is 49.1 Å². The van der Waals surface area contributed by atoms with E-state index in [2.05, 4.69) is 10.0 Å². The summed E-state index contributed by atoms with van der Waals surface area (Å²) in [5.74, 6) is 0.0368. The topological polar surface area (TPSA) is 124 Å². The highest BCUT2D eigenvalue weighted by Crippen LogP contribution is 2.41. The van der Waals surface area contributed by atoms with Crippen LogP contribution in [0.2, 0.25) is 0 Å². The summed E-state index contributed by atoms with van der Waals surface area (Å²) in [4.78, 5) is 3.07. The molecule has 1 fully saturated rings. The van der Waals surface area contributed by atoms with Crippen LogP contribution in [0, 0.1) is 5.92 Å². The monoisotopic (exact) mass is 495 g/mol. The predicted molar refractivity (Wildman–Crippen MR) is 131 cm³/mol. The smallest absolute Gasteiger partial charge is 0.155 e. The van der Waals surface area contributed by atoms with Crippen LogP contribution in [0.15, 0.2) is 35.4 Å². The van der Waals surface area contributed by atoms with Crippen molar-refractivity contribution in [3.63, 3.8) is 0 Å². The van der Waals surface area contributed by atoms with Gasteiger partial charge < -0.3 is 33.5 Å². The molecule has 35 heavy (non-hydrogen) atoms. The molecule has 0 spiro atoms. The molecule has 0 saturated carbocycles. The van der Waals surface area contributed by atoms with Gasteiger partial charge in [0.05, 0.1) is 38.6 Å². The van der Waals surface area contributed by atoms with Crippen LogP contribution in [-0.2, 0) is 35.0 Å². The van der Waals surface area contributed by atoms with Gasteiger partial charge in [0.15, 0.2) is 6.29 Å². The number of azide groups is 1. The fourth-order valence-electron chi connectivity index (χ4n) is 4.57. The molecule has 10 nitrogen and oxygen atoms in total. The van der Waals surface area contributed by atoms with Crippen LogP contribution < -0.4 is 0 Å². The second-order valence-corrected chi connectivity index (χ2v) is 8.93. The minimum Gasteiger partial charge on any atom is -0.382 e. The van der Waals surface area contributed by atoms with Crippen molar-refractivity contribution in [3.05, 3.63) is 46.3 Å². The number of ether oxygens (including phenoxy) is 6. The molecule has 1 aliphatic rings. The quantitative estimate of drug-likeness (QED) is 0.106. The zero-order chi connectivity index (χ0) is 25.4. The van der Waals surface area contributed by atoms with Gasteiger partial charge in [-0.15, -0.1) is 0 Å². The Morgan fingerprint density at radius 3 is 2.66 bits per heavy atom. The minimum atomic E-state index is -0.974. The molecule has 0 aromatic heterocycles. The molecule has 0 bridgehead atoms. The third kappa shape index (κ3) is 10.0. The Labute approximate surface area is 208 Å². The van der Waals surface area contributed by atoms with E-state index in [9.17, 15) is 10.6 Å². The van der Waals surface area contributed by atoms with Gasteiger partial charge in [0, 0.05) is 25.7 Å². The fourth-order valence-corrected chi connectivity index (χ4v) is 4.57. The molecule has 1 aliphatic heterocycles. The Hall–Kier alpha value is -1.75. The van der Waals surface area contributed by atoms with Gasteiger partial charge in [-0.25, -0.2) is 0 Å². The van der Waals surface area contributed by atoms with Gasteiger partial charge in [0.25, 0.3) is 0 Å². The maximum atomic E-state index is 10.4. The molecular weight excluding hydrogens is 454 g/mol. The number of benzene rings is 1. The van der Waals surface area contributed by atoms with Gasteiger partial charge in [-0.2, -0.15) is 0 Å². The van der Waals surface area contributed by atoms with Gasteiger partial charge in [-0.1, -0.05) is 42.4 Å². The first kappa shape index (κ1) is 29.5. The Balaban J connectivity index is 2.00. The first-order chi connectivity index (χ1) is 17.1. The van der Waals surface area contributed by atoms with Crippen LogP contribution >= 0.6 is 0 Å². The number of aliphatic hydroxyl groups excluding tert-OH is 1. The second-order valence-electron chi connectivity index (χ2n) is 8.93. The lowest BCUT2D eigenvalue weighted by Crippen LogP contribution is -2.59. The van der Waals surface area contributed by atoms with Gasteiger partial charge in [0.2, 0.25) is 0 Å². The molecule has 1 aromatic carbocycles. The third-order valence-corrected chi connectivity index (χ3v) is 6.16. The van der Waals surface area contributed by atoms with E-state index in [1.165, 1.54) is 0 Å². The standard InChI is InChI=1S/C25H41N3O7/c1-20(17-34-19-33-15-14-30-2)16-25(22(27-28-26)11-12-24(29)35-25)23(31-3)10-7-13-32-18-21-8-5-4-6-9-21/h4-6,8-9,20,22-24,29H,7,10-19H2,1-3H3/t20-,22+,23-,24?,25+/m1/s1. The lowest BCUT2D eigenvalue weighted by atomic mass is 9.76. The first-order valence-electron chi connectivity index (χ1n) is 12.2. The average Bonchev–Trinajstić information content (AvgIpc) is 2.86. The summed E-state index contributed by atoms with van der Waals surface area (Å²) in [6, 6.07) is 9.54. The van der Waals surface area contributed by atoms with Gasteiger partial charge in [0.1, 0.15) is 12.4 Å².